The zero-order valence-electron chi connectivity index (χ0n) is 46.5. The number of phosphoric acid groups is 1. The highest BCUT2D eigenvalue weighted by molar-refractivity contribution is 7.47. The van der Waals surface area contributed by atoms with Gasteiger partial charge in [0.2, 0.25) is 5.91 Å². The smallest absolute Gasteiger partial charge is 0.387 e. The summed E-state index contributed by atoms with van der Waals surface area (Å²) in [6.07, 6.45) is 47.9. The van der Waals surface area contributed by atoms with Gasteiger partial charge < -0.3 is 40.8 Å². The first-order valence-corrected chi connectivity index (χ1v) is 32.1. The number of aliphatic hydroxyl groups is 6. The van der Waals surface area contributed by atoms with E-state index in [4.69, 9.17) is 9.05 Å². The van der Waals surface area contributed by atoms with E-state index in [-0.39, 0.29) is 12.3 Å². The number of nitrogens with one attached hydrogen (secondary N) is 1. The average molecular weight is 1050 g/mol. The molecule has 8 N–H and O–H groups in total. The minimum absolute atomic E-state index is 0.219. The molecule has 12 nitrogen and oxygen atoms in total. The fourth-order valence-corrected chi connectivity index (χ4v) is 11.1. The van der Waals surface area contributed by atoms with Gasteiger partial charge in [0.15, 0.2) is 0 Å². The molecular weight excluding hydrogens is 930 g/mol. The van der Waals surface area contributed by atoms with Gasteiger partial charge in [0.1, 0.15) is 36.6 Å². The van der Waals surface area contributed by atoms with Crippen LogP contribution in [0.3, 0.4) is 0 Å². The molecule has 1 rings (SSSR count). The van der Waals surface area contributed by atoms with E-state index in [9.17, 15) is 44.9 Å². The molecule has 0 aliphatic heterocycles. The summed E-state index contributed by atoms with van der Waals surface area (Å²) in [5, 5.41) is 64.0. The van der Waals surface area contributed by atoms with Crippen molar-refractivity contribution in [2.75, 3.05) is 6.61 Å². The minimum Gasteiger partial charge on any atom is -0.387 e. The Morgan fingerprint density at radius 1 is 0.458 bits per heavy atom. The van der Waals surface area contributed by atoms with Gasteiger partial charge in [-0.25, -0.2) is 4.57 Å². The molecule has 1 amide bonds. The predicted molar refractivity (Wildman–Crippen MR) is 297 cm³/mol. The quantitative estimate of drug-likeness (QED) is 0.0163. The van der Waals surface area contributed by atoms with Crippen LogP contribution < -0.4 is 5.32 Å². The summed E-state index contributed by atoms with van der Waals surface area (Å²) in [4.78, 5) is 23.4. The molecule has 0 aromatic heterocycles. The van der Waals surface area contributed by atoms with Crippen LogP contribution in [0.1, 0.15) is 303 Å². The molecule has 13 heteroatoms. The van der Waals surface area contributed by atoms with Crippen LogP contribution in [0.2, 0.25) is 0 Å². The standard InChI is InChI=1S/C59H116NO11P/c1-3-5-7-9-11-13-14-15-16-17-18-19-20-21-22-23-24-25-26-27-28-29-30-31-32-33-34-35-36-37-38-39-41-43-45-47-49-53(62)60-51(52(61)48-46-44-42-40-12-10-8-6-4-2)50-70-72(68,69)71-59-57(66)55(64)54(63)56(65)58(59)67/h46,48,51-52,54-59,61,63-67H,3-45,47,49-50H2,1-2H3,(H,60,62)(H,68,69)/b48-46+/t51-,52+,54?,55+,56?,57?,58?,59?/m0/s1. The van der Waals surface area contributed by atoms with E-state index in [1.54, 1.807) is 0 Å². The molecule has 0 radical (unpaired) electrons. The highest BCUT2D eigenvalue weighted by Gasteiger charge is 2.51. The van der Waals surface area contributed by atoms with Crippen LogP contribution in [0.15, 0.2) is 12.2 Å². The van der Waals surface area contributed by atoms with E-state index in [1.165, 1.54) is 237 Å². The first kappa shape index (κ1) is 69.1. The lowest BCUT2D eigenvalue weighted by molar-refractivity contribution is -0.220. The fraction of sp³-hybridized carbons (Fsp3) is 0.949. The summed E-state index contributed by atoms with van der Waals surface area (Å²) in [7, 11) is -5.08. The molecule has 0 saturated heterocycles. The zero-order chi connectivity index (χ0) is 52.8. The third-order valence-electron chi connectivity index (χ3n) is 15.1. The first-order chi connectivity index (χ1) is 34.9. The van der Waals surface area contributed by atoms with E-state index in [0.29, 0.717) is 6.42 Å². The lowest BCUT2D eigenvalue weighted by Gasteiger charge is -2.41. The van der Waals surface area contributed by atoms with E-state index in [1.807, 2.05) is 6.08 Å². The highest BCUT2D eigenvalue weighted by atomic mass is 31.2. The van der Waals surface area contributed by atoms with Crippen LogP contribution in [-0.4, -0.2) is 96.8 Å². The van der Waals surface area contributed by atoms with Crippen molar-refractivity contribution < 1.29 is 53.9 Å². The molecule has 6 unspecified atom stereocenters. The molecule has 72 heavy (non-hydrogen) atoms. The van der Waals surface area contributed by atoms with Gasteiger partial charge in [0, 0.05) is 6.42 Å². The maximum absolute atomic E-state index is 13.0. The molecule has 1 aliphatic rings. The number of amides is 1. The third kappa shape index (κ3) is 38.6. The molecule has 0 heterocycles. The minimum atomic E-state index is -5.08. The summed E-state index contributed by atoms with van der Waals surface area (Å²) in [5.41, 5.74) is 0. The maximum Gasteiger partial charge on any atom is 0.472 e. The van der Waals surface area contributed by atoms with Crippen molar-refractivity contribution in [1.29, 1.82) is 0 Å². The molecule has 0 spiro atoms. The number of phosphoric ester groups is 1. The van der Waals surface area contributed by atoms with Crippen LogP contribution in [0.5, 0.6) is 0 Å². The molecule has 1 aliphatic carbocycles. The number of aliphatic hydroxyl groups excluding tert-OH is 6. The molecule has 428 valence electrons. The number of carbonyl (C=O) groups is 1. The largest absolute Gasteiger partial charge is 0.472 e. The number of rotatable bonds is 53. The normalized spacial score (nSPS) is 21.1. The summed E-state index contributed by atoms with van der Waals surface area (Å²) < 4.78 is 22.9. The van der Waals surface area contributed by atoms with Gasteiger partial charge in [-0.1, -0.05) is 289 Å². The number of allylic oxidation sites excluding steroid dienone is 1. The van der Waals surface area contributed by atoms with Crippen molar-refractivity contribution in [3.63, 3.8) is 0 Å². The Kier molecular flexibility index (Phi) is 46.5. The van der Waals surface area contributed by atoms with Gasteiger partial charge in [-0.3, -0.25) is 13.8 Å². The van der Waals surface area contributed by atoms with Crippen molar-refractivity contribution in [1.82, 2.24) is 5.32 Å². The molecule has 0 aromatic carbocycles. The Bertz CT molecular complexity index is 1260. The number of hydrogen-bond donors (Lipinski definition) is 8. The van der Waals surface area contributed by atoms with Crippen molar-refractivity contribution in [3.05, 3.63) is 12.2 Å². The van der Waals surface area contributed by atoms with Crippen LogP contribution in [-0.2, 0) is 18.4 Å². The van der Waals surface area contributed by atoms with Gasteiger partial charge in [0.25, 0.3) is 0 Å². The van der Waals surface area contributed by atoms with Gasteiger partial charge in [-0.2, -0.15) is 0 Å². The number of hydrogen-bond acceptors (Lipinski definition) is 10. The second-order valence-corrected chi connectivity index (χ2v) is 23.3. The maximum atomic E-state index is 13.0. The lowest BCUT2D eigenvalue weighted by Crippen LogP contribution is -2.64. The first-order valence-electron chi connectivity index (χ1n) is 30.6. The lowest BCUT2D eigenvalue weighted by atomic mass is 9.85. The van der Waals surface area contributed by atoms with Gasteiger partial charge in [0.05, 0.1) is 18.8 Å². The van der Waals surface area contributed by atoms with Crippen LogP contribution >= 0.6 is 7.82 Å². The average Bonchev–Trinajstić information content (AvgIpc) is 3.37. The second-order valence-electron chi connectivity index (χ2n) is 21.9. The highest BCUT2D eigenvalue weighted by Crippen LogP contribution is 2.47. The van der Waals surface area contributed by atoms with Crippen LogP contribution in [0, 0.1) is 0 Å². The van der Waals surface area contributed by atoms with Crippen LogP contribution in [0.25, 0.3) is 0 Å². The third-order valence-corrected chi connectivity index (χ3v) is 16.1. The van der Waals surface area contributed by atoms with Gasteiger partial charge >= 0.3 is 7.82 Å². The Morgan fingerprint density at radius 2 is 0.736 bits per heavy atom. The SMILES string of the molecule is CCCCCCCCC/C=C/[C@@H](O)[C@H](COP(=O)(O)OC1C(O)C(O)C(O)[C@@H](O)C1O)NC(=O)CCCCCCCCCCCCCCCCCCCCCCCCCCCCCCCCCCCCCC. The Morgan fingerprint density at radius 3 is 1.06 bits per heavy atom. The van der Waals surface area contributed by atoms with Crippen molar-refractivity contribution in [2.45, 2.75) is 352 Å². The van der Waals surface area contributed by atoms with Gasteiger partial charge in [-0.15, -0.1) is 0 Å². The molecule has 9 atom stereocenters. The van der Waals surface area contributed by atoms with E-state index >= 15 is 0 Å². The Hall–Kier alpha value is -0.920. The molecule has 1 fully saturated rings. The van der Waals surface area contributed by atoms with Crippen molar-refractivity contribution >= 4 is 13.7 Å². The van der Waals surface area contributed by atoms with E-state index in [2.05, 4.69) is 19.2 Å². The summed E-state index contributed by atoms with van der Waals surface area (Å²) in [6, 6.07) is -1.11. The van der Waals surface area contributed by atoms with Crippen LogP contribution in [0.4, 0.5) is 0 Å². The van der Waals surface area contributed by atoms with E-state index < -0.39 is 63.2 Å². The summed E-state index contributed by atoms with van der Waals surface area (Å²) >= 11 is 0. The summed E-state index contributed by atoms with van der Waals surface area (Å²) in [6.45, 7) is 3.84. The van der Waals surface area contributed by atoms with E-state index in [0.717, 1.165) is 44.9 Å². The zero-order valence-corrected chi connectivity index (χ0v) is 47.4. The Balaban J connectivity index is 2.09. The number of unbranched alkanes of at least 4 members (excludes halogenated alkanes) is 42. The predicted octanol–water partition coefficient (Wildman–Crippen LogP) is 14.3. The summed E-state index contributed by atoms with van der Waals surface area (Å²) in [5.74, 6) is -0.337. The fourth-order valence-electron chi connectivity index (χ4n) is 10.1. The Labute approximate surface area is 441 Å². The topological polar surface area (TPSA) is 206 Å². The van der Waals surface area contributed by atoms with Crippen molar-refractivity contribution in [3.8, 4) is 0 Å². The molecule has 0 aromatic rings. The monoisotopic (exact) mass is 1050 g/mol. The molecule has 0 bridgehead atoms. The number of carbonyl (C=O) groups excluding carboxylic acids is 1. The second kappa shape index (κ2) is 48.5. The van der Waals surface area contributed by atoms with Gasteiger partial charge in [-0.05, 0) is 19.3 Å². The van der Waals surface area contributed by atoms with Crippen molar-refractivity contribution in [2.24, 2.45) is 0 Å². The molecule has 1 saturated carbocycles. The molecular formula is C59H116NO11P.